The summed E-state index contributed by atoms with van der Waals surface area (Å²) in [6, 6.07) is -1.00. The van der Waals surface area contributed by atoms with E-state index in [1.807, 2.05) is 0 Å². The zero-order valence-corrected chi connectivity index (χ0v) is 32.4. The minimum absolute atomic E-state index is 0.364. The summed E-state index contributed by atoms with van der Waals surface area (Å²) >= 11 is 0. The highest BCUT2D eigenvalue weighted by Gasteiger charge is 2.28. The van der Waals surface area contributed by atoms with Crippen LogP contribution in [0.5, 0.6) is 0 Å². The molecule has 4 atom stereocenters. The molecule has 6 nitrogen and oxygen atoms in total. The first-order valence-electron chi connectivity index (χ1n) is 21.2. The van der Waals surface area contributed by atoms with E-state index in [1.165, 1.54) is 141 Å². The minimum Gasteiger partial charge on any atom is -0.394 e. The van der Waals surface area contributed by atoms with E-state index in [4.69, 9.17) is 0 Å². The van der Waals surface area contributed by atoms with Crippen molar-refractivity contribution in [2.45, 2.75) is 237 Å². The fourth-order valence-electron chi connectivity index (χ4n) is 6.48. The molecule has 0 aromatic heterocycles. The molecule has 0 bridgehead atoms. The molecule has 0 heterocycles. The van der Waals surface area contributed by atoms with E-state index in [1.54, 1.807) is 0 Å². The van der Waals surface area contributed by atoms with Gasteiger partial charge in [-0.15, -0.1) is 0 Å². The van der Waals surface area contributed by atoms with Crippen LogP contribution in [0.4, 0.5) is 0 Å². The lowest BCUT2D eigenvalue weighted by atomic mass is 10.00. The van der Waals surface area contributed by atoms with Gasteiger partial charge in [0.05, 0.1) is 18.8 Å². The van der Waals surface area contributed by atoms with E-state index >= 15 is 0 Å². The van der Waals surface area contributed by atoms with Gasteiger partial charge >= 0.3 is 0 Å². The maximum Gasteiger partial charge on any atom is 0.249 e. The highest BCUT2D eigenvalue weighted by molar-refractivity contribution is 5.80. The Kier molecular flexibility index (Phi) is 37.1. The van der Waals surface area contributed by atoms with Gasteiger partial charge in [0.2, 0.25) is 5.91 Å². The van der Waals surface area contributed by atoms with Crippen molar-refractivity contribution in [2.75, 3.05) is 6.61 Å². The number of aliphatic hydroxyl groups excluding tert-OH is 4. The zero-order valence-electron chi connectivity index (χ0n) is 32.4. The molecule has 0 saturated heterocycles. The maximum absolute atomic E-state index is 12.5. The van der Waals surface area contributed by atoms with E-state index in [9.17, 15) is 25.2 Å². The Morgan fingerprint density at radius 1 is 0.490 bits per heavy atom. The van der Waals surface area contributed by atoms with Crippen molar-refractivity contribution in [3.63, 3.8) is 0 Å². The van der Waals surface area contributed by atoms with Gasteiger partial charge in [0.25, 0.3) is 0 Å². The summed E-state index contributed by atoms with van der Waals surface area (Å²) in [6.45, 7) is 4.02. The number of nitrogens with one attached hydrogen (secondary N) is 1. The molecule has 0 aliphatic heterocycles. The van der Waals surface area contributed by atoms with Gasteiger partial charge in [-0.05, 0) is 51.4 Å². The molecule has 0 fully saturated rings. The highest BCUT2D eigenvalue weighted by atomic mass is 16.3. The van der Waals surface area contributed by atoms with Crippen LogP contribution in [-0.2, 0) is 4.79 Å². The molecule has 0 aromatic carbocycles. The normalized spacial score (nSPS) is 14.5. The van der Waals surface area contributed by atoms with Crippen LogP contribution in [-0.4, -0.2) is 57.3 Å². The van der Waals surface area contributed by atoms with E-state index in [0.29, 0.717) is 19.3 Å². The first-order chi connectivity index (χ1) is 24.0. The molecule has 0 aliphatic carbocycles. The van der Waals surface area contributed by atoms with Gasteiger partial charge in [0, 0.05) is 0 Å². The molecule has 0 spiro atoms. The number of rotatable bonds is 38. The van der Waals surface area contributed by atoms with E-state index in [2.05, 4.69) is 43.5 Å². The molecular formula is C43H83NO5. The predicted octanol–water partition coefficient (Wildman–Crippen LogP) is 10.8. The monoisotopic (exact) mass is 694 g/mol. The molecule has 6 heteroatoms. The molecule has 1 amide bonds. The number of carbonyl (C=O) groups excluding carboxylic acids is 1. The topological polar surface area (TPSA) is 110 Å². The van der Waals surface area contributed by atoms with Crippen molar-refractivity contribution >= 4 is 5.91 Å². The van der Waals surface area contributed by atoms with Crippen molar-refractivity contribution in [2.24, 2.45) is 0 Å². The third-order valence-electron chi connectivity index (χ3n) is 9.89. The van der Waals surface area contributed by atoms with Crippen molar-refractivity contribution in [3.8, 4) is 0 Å². The van der Waals surface area contributed by atoms with Crippen LogP contribution in [0.2, 0.25) is 0 Å². The van der Waals surface area contributed by atoms with Gasteiger partial charge in [-0.3, -0.25) is 4.79 Å². The highest BCUT2D eigenvalue weighted by Crippen LogP contribution is 2.16. The Morgan fingerprint density at radius 3 is 1.29 bits per heavy atom. The summed E-state index contributed by atoms with van der Waals surface area (Å²) in [7, 11) is 0. The van der Waals surface area contributed by atoms with E-state index < -0.39 is 36.9 Å². The van der Waals surface area contributed by atoms with E-state index in [0.717, 1.165) is 38.5 Å². The standard InChI is InChI=1S/C43H83NO5/c1-3-5-7-9-11-13-15-17-19-20-21-22-23-25-27-29-31-33-35-37-41(47)43(49)44-39(38-45)42(48)40(46)36-34-32-30-28-26-24-18-16-14-12-10-8-6-4-2/h16,18,28,30,39-42,45-48H,3-15,17,19-27,29,31-38H2,1-2H3,(H,44,49)/b18-16+,30-28+. The minimum atomic E-state index is -1.29. The van der Waals surface area contributed by atoms with Crippen molar-refractivity contribution < 1.29 is 25.2 Å². The second kappa shape index (κ2) is 38.0. The average molecular weight is 694 g/mol. The van der Waals surface area contributed by atoms with Crippen LogP contribution in [0, 0.1) is 0 Å². The first-order valence-corrected chi connectivity index (χ1v) is 21.2. The third-order valence-corrected chi connectivity index (χ3v) is 9.89. The SMILES string of the molecule is CCCCCCC/C=C/CC/C=C/CCCC(O)C(O)C(CO)NC(=O)C(O)CCCCCCCCCCCCCCCCCCCCC. The number of hydrogen-bond donors (Lipinski definition) is 5. The molecule has 0 saturated carbocycles. The average Bonchev–Trinajstić information content (AvgIpc) is 3.11. The predicted molar refractivity (Wildman–Crippen MR) is 210 cm³/mol. The molecule has 0 rings (SSSR count). The molecule has 4 unspecified atom stereocenters. The lowest BCUT2D eigenvalue weighted by Gasteiger charge is -2.27. The fraction of sp³-hybridized carbons (Fsp3) is 0.884. The lowest BCUT2D eigenvalue weighted by molar-refractivity contribution is -0.132. The third kappa shape index (κ3) is 32.4. The molecule has 0 aliphatic rings. The number of carbonyl (C=O) groups is 1. The molecular weight excluding hydrogens is 610 g/mol. The number of hydrogen-bond acceptors (Lipinski definition) is 5. The summed E-state index contributed by atoms with van der Waals surface area (Å²) < 4.78 is 0. The molecule has 0 radical (unpaired) electrons. The van der Waals surface area contributed by atoms with Crippen LogP contribution in [0.1, 0.15) is 213 Å². The largest absolute Gasteiger partial charge is 0.394 e. The quantitative estimate of drug-likeness (QED) is 0.0327. The first kappa shape index (κ1) is 47.8. The zero-order chi connectivity index (χ0) is 36.0. The summed E-state index contributed by atoms with van der Waals surface area (Å²) in [5.74, 6) is -0.596. The second-order valence-corrected chi connectivity index (χ2v) is 14.7. The number of amides is 1. The van der Waals surface area contributed by atoms with Crippen molar-refractivity contribution in [1.82, 2.24) is 5.32 Å². The van der Waals surface area contributed by atoms with Crippen molar-refractivity contribution in [1.29, 1.82) is 0 Å². The fourth-order valence-corrected chi connectivity index (χ4v) is 6.48. The number of allylic oxidation sites excluding steroid dienone is 4. The van der Waals surface area contributed by atoms with Gasteiger partial charge in [0.1, 0.15) is 12.2 Å². The summed E-state index contributed by atoms with van der Waals surface area (Å²) in [4.78, 5) is 12.5. The summed E-state index contributed by atoms with van der Waals surface area (Å²) in [5.41, 5.74) is 0. The second-order valence-electron chi connectivity index (χ2n) is 14.7. The Balaban J connectivity index is 3.78. The molecule has 290 valence electrons. The summed E-state index contributed by atoms with van der Waals surface area (Å²) in [5, 5.41) is 43.5. The van der Waals surface area contributed by atoms with Crippen LogP contribution >= 0.6 is 0 Å². The van der Waals surface area contributed by atoms with Crippen molar-refractivity contribution in [3.05, 3.63) is 24.3 Å². The molecule has 5 N–H and O–H groups in total. The molecule has 0 aromatic rings. The Labute approximate surface area is 304 Å². The van der Waals surface area contributed by atoms with Crippen LogP contribution in [0.15, 0.2) is 24.3 Å². The van der Waals surface area contributed by atoms with E-state index in [-0.39, 0.29) is 0 Å². The van der Waals surface area contributed by atoms with Gasteiger partial charge in [-0.2, -0.15) is 0 Å². The Hall–Kier alpha value is -1.21. The Bertz CT molecular complexity index is 742. The smallest absolute Gasteiger partial charge is 0.249 e. The number of unbranched alkanes of at least 4 members (excludes halogenated alkanes) is 25. The summed E-state index contributed by atoms with van der Waals surface area (Å²) in [6.07, 6.45) is 42.1. The number of aliphatic hydroxyl groups is 4. The van der Waals surface area contributed by atoms with Gasteiger partial charge < -0.3 is 25.7 Å². The van der Waals surface area contributed by atoms with Crippen LogP contribution in [0.3, 0.4) is 0 Å². The maximum atomic E-state index is 12.5. The van der Waals surface area contributed by atoms with Gasteiger partial charge in [-0.1, -0.05) is 186 Å². The Morgan fingerprint density at radius 2 is 0.857 bits per heavy atom. The lowest BCUT2D eigenvalue weighted by Crippen LogP contribution is -2.53. The van der Waals surface area contributed by atoms with Crippen LogP contribution in [0.25, 0.3) is 0 Å². The molecule has 49 heavy (non-hydrogen) atoms. The van der Waals surface area contributed by atoms with Crippen LogP contribution < -0.4 is 5.32 Å². The van der Waals surface area contributed by atoms with Gasteiger partial charge in [-0.25, -0.2) is 0 Å². The van der Waals surface area contributed by atoms with Gasteiger partial charge in [0.15, 0.2) is 0 Å².